The highest BCUT2D eigenvalue weighted by Gasteiger charge is 2.39. The summed E-state index contributed by atoms with van der Waals surface area (Å²) in [6.07, 6.45) is -7.25. The van der Waals surface area contributed by atoms with Crippen LogP contribution in [0.3, 0.4) is 0 Å². The van der Waals surface area contributed by atoms with Gasteiger partial charge < -0.3 is 5.73 Å². The van der Waals surface area contributed by atoms with Crippen LogP contribution < -0.4 is 5.73 Å². The second-order valence-corrected chi connectivity index (χ2v) is 6.49. The van der Waals surface area contributed by atoms with Crippen LogP contribution >= 0.6 is 0 Å². The second kappa shape index (κ2) is 9.05. The van der Waals surface area contributed by atoms with Crippen LogP contribution in [0.25, 0.3) is 6.08 Å². The molecule has 0 spiro atoms. The molecule has 2 rings (SSSR count). The van der Waals surface area contributed by atoms with E-state index in [9.17, 15) is 39.6 Å². The fourth-order valence-electron chi connectivity index (χ4n) is 1.80. The van der Waals surface area contributed by atoms with Crippen molar-refractivity contribution in [2.24, 2.45) is 5.73 Å². The summed E-state index contributed by atoms with van der Waals surface area (Å²) in [5.41, 5.74) is 0.951. The maximum absolute atomic E-state index is 12.4. The zero-order chi connectivity index (χ0) is 22.5. The summed E-state index contributed by atoms with van der Waals surface area (Å²) < 4.78 is 103. The number of carbonyl (C=O) groups is 1. The standard InChI is InChI=1S/C9H5F6NO.C7H7NO3S/c10-8(11,12)4-1-2-5(7(16)17)6(3-4)9(13,14)15;9-12(10,11)6-4-7-3-1-2-5-8-7/h1-3H,(H2,16,17);1-6H,(H,9,10,11)/b;6-4+. The van der Waals surface area contributed by atoms with Crippen molar-refractivity contribution in [1.29, 1.82) is 0 Å². The molecule has 1 aromatic heterocycles. The molecule has 0 saturated carbocycles. The first-order chi connectivity index (χ1) is 13.1. The summed E-state index contributed by atoms with van der Waals surface area (Å²) in [4.78, 5) is 14.5. The van der Waals surface area contributed by atoms with Crippen molar-refractivity contribution in [3.63, 3.8) is 0 Å². The third-order valence-electron chi connectivity index (χ3n) is 3.02. The number of halogens is 6. The molecule has 0 atom stereocenters. The van der Waals surface area contributed by atoms with Gasteiger partial charge in [-0.3, -0.25) is 14.3 Å². The van der Waals surface area contributed by atoms with E-state index in [1.165, 1.54) is 12.3 Å². The number of pyridine rings is 1. The summed E-state index contributed by atoms with van der Waals surface area (Å²) in [5, 5.41) is 0.690. The maximum Gasteiger partial charge on any atom is 0.417 e. The van der Waals surface area contributed by atoms with Gasteiger partial charge in [0.15, 0.2) is 0 Å². The van der Waals surface area contributed by atoms with Gasteiger partial charge in [-0.15, -0.1) is 0 Å². The number of nitrogens with zero attached hydrogens (tertiary/aromatic N) is 1. The molecule has 0 unspecified atom stereocenters. The Hall–Kier alpha value is -2.93. The Morgan fingerprint density at radius 1 is 1.03 bits per heavy atom. The van der Waals surface area contributed by atoms with Gasteiger partial charge in [0.25, 0.3) is 10.1 Å². The van der Waals surface area contributed by atoms with Crippen LogP contribution in [0.2, 0.25) is 0 Å². The van der Waals surface area contributed by atoms with Gasteiger partial charge in [-0.05, 0) is 36.4 Å². The number of carbonyl (C=O) groups excluding carboxylic acids is 1. The number of primary amides is 1. The third kappa shape index (κ3) is 8.31. The van der Waals surface area contributed by atoms with Gasteiger partial charge in [-0.1, -0.05) is 6.07 Å². The summed E-state index contributed by atoms with van der Waals surface area (Å²) >= 11 is 0. The Morgan fingerprint density at radius 3 is 2.07 bits per heavy atom. The lowest BCUT2D eigenvalue weighted by molar-refractivity contribution is -0.143. The molecule has 1 aromatic carbocycles. The van der Waals surface area contributed by atoms with Crippen molar-refractivity contribution in [2.75, 3.05) is 0 Å². The van der Waals surface area contributed by atoms with E-state index in [4.69, 9.17) is 4.55 Å². The zero-order valence-corrected chi connectivity index (χ0v) is 14.9. The minimum absolute atomic E-state index is 0.139. The summed E-state index contributed by atoms with van der Waals surface area (Å²) in [7, 11) is -4.04. The highest BCUT2D eigenvalue weighted by molar-refractivity contribution is 7.88. The predicted molar refractivity (Wildman–Crippen MR) is 89.8 cm³/mol. The van der Waals surface area contributed by atoms with Crippen LogP contribution in [0.1, 0.15) is 27.2 Å². The van der Waals surface area contributed by atoms with E-state index in [1.54, 1.807) is 18.2 Å². The number of nitrogens with two attached hydrogens (primary N) is 1. The number of hydrogen-bond donors (Lipinski definition) is 2. The number of amides is 1. The van der Waals surface area contributed by atoms with Crippen LogP contribution in [-0.4, -0.2) is 23.9 Å². The quantitative estimate of drug-likeness (QED) is 0.556. The highest BCUT2D eigenvalue weighted by atomic mass is 32.2. The Morgan fingerprint density at radius 2 is 1.66 bits per heavy atom. The number of benzene rings is 1. The van der Waals surface area contributed by atoms with Gasteiger partial charge in [-0.2, -0.15) is 34.8 Å². The smallest absolute Gasteiger partial charge is 0.366 e. The van der Waals surface area contributed by atoms with Gasteiger partial charge >= 0.3 is 12.4 Å². The predicted octanol–water partition coefficient (Wildman–Crippen LogP) is 3.76. The molecule has 6 nitrogen and oxygen atoms in total. The fraction of sp³-hybridized carbons (Fsp3) is 0.125. The first-order valence-electron chi connectivity index (χ1n) is 7.26. The topological polar surface area (TPSA) is 110 Å². The summed E-state index contributed by atoms with van der Waals surface area (Å²) in [6, 6.07) is 5.70. The molecule has 0 aliphatic rings. The molecule has 2 aromatic rings. The average molecular weight is 442 g/mol. The normalized spacial score (nSPS) is 12.4. The molecule has 29 heavy (non-hydrogen) atoms. The molecule has 0 fully saturated rings. The molecule has 0 aliphatic carbocycles. The first-order valence-corrected chi connectivity index (χ1v) is 8.76. The number of hydrogen-bond acceptors (Lipinski definition) is 4. The van der Waals surface area contributed by atoms with E-state index in [0.717, 1.165) is 0 Å². The molecule has 0 aliphatic heterocycles. The van der Waals surface area contributed by atoms with Gasteiger partial charge in [0, 0.05) is 6.20 Å². The second-order valence-electron chi connectivity index (χ2n) is 5.19. The Kier molecular flexibility index (Phi) is 7.52. The molecule has 0 saturated heterocycles. The van der Waals surface area contributed by atoms with Crippen molar-refractivity contribution in [1.82, 2.24) is 4.98 Å². The molecule has 1 amide bonds. The minimum atomic E-state index is -5.08. The SMILES string of the molecule is NC(=O)c1ccc(C(F)(F)F)cc1C(F)(F)F.O=S(=O)(O)/C=C/c1ccccn1. The van der Waals surface area contributed by atoms with Crippen molar-refractivity contribution in [3.8, 4) is 0 Å². The van der Waals surface area contributed by atoms with Crippen LogP contribution in [-0.2, 0) is 22.5 Å². The molecule has 158 valence electrons. The molecule has 13 heteroatoms. The van der Waals surface area contributed by atoms with Crippen molar-refractivity contribution < 1.29 is 44.1 Å². The number of alkyl halides is 6. The van der Waals surface area contributed by atoms with Crippen molar-refractivity contribution >= 4 is 22.1 Å². The monoisotopic (exact) mass is 442 g/mol. The lowest BCUT2D eigenvalue weighted by Gasteiger charge is -2.14. The lowest BCUT2D eigenvalue weighted by atomic mass is 10.0. The molecular weight excluding hydrogens is 430 g/mol. The zero-order valence-electron chi connectivity index (χ0n) is 14.1. The Balaban J connectivity index is 0.000000308. The van der Waals surface area contributed by atoms with E-state index in [0.29, 0.717) is 23.2 Å². The van der Waals surface area contributed by atoms with Crippen LogP contribution in [0, 0.1) is 0 Å². The lowest BCUT2D eigenvalue weighted by Crippen LogP contribution is -2.20. The molecule has 1 heterocycles. The van der Waals surface area contributed by atoms with Crippen LogP contribution in [0.4, 0.5) is 26.3 Å². The van der Waals surface area contributed by atoms with E-state index < -0.39 is 45.1 Å². The molecule has 3 N–H and O–H groups in total. The Bertz CT molecular complexity index is 987. The first kappa shape index (κ1) is 24.1. The number of aromatic nitrogens is 1. The molecule has 0 bridgehead atoms. The van der Waals surface area contributed by atoms with Gasteiger partial charge in [0.1, 0.15) is 0 Å². The summed E-state index contributed by atoms with van der Waals surface area (Å²) in [6.45, 7) is 0. The fourth-order valence-corrected chi connectivity index (χ4v) is 2.11. The van der Waals surface area contributed by atoms with Gasteiger partial charge in [0.2, 0.25) is 5.91 Å². The van der Waals surface area contributed by atoms with E-state index in [-0.39, 0.29) is 6.07 Å². The maximum atomic E-state index is 12.4. The van der Waals surface area contributed by atoms with Gasteiger partial charge in [0.05, 0.1) is 27.8 Å². The van der Waals surface area contributed by atoms with E-state index in [1.807, 2.05) is 0 Å². The molecule has 0 radical (unpaired) electrons. The van der Waals surface area contributed by atoms with E-state index >= 15 is 0 Å². The van der Waals surface area contributed by atoms with E-state index in [2.05, 4.69) is 10.7 Å². The van der Waals surface area contributed by atoms with Crippen LogP contribution in [0.5, 0.6) is 0 Å². The number of rotatable bonds is 3. The molecular formula is C16H12F6N2O4S. The average Bonchev–Trinajstić information content (AvgIpc) is 2.59. The summed E-state index contributed by atoms with van der Waals surface area (Å²) in [5.74, 6) is -1.44. The van der Waals surface area contributed by atoms with Crippen molar-refractivity contribution in [2.45, 2.75) is 12.4 Å². The minimum Gasteiger partial charge on any atom is -0.366 e. The highest BCUT2D eigenvalue weighted by Crippen LogP contribution is 2.37. The third-order valence-corrected chi connectivity index (χ3v) is 3.50. The Labute approximate surface area is 160 Å². The van der Waals surface area contributed by atoms with Crippen molar-refractivity contribution in [3.05, 3.63) is 70.4 Å². The van der Waals surface area contributed by atoms with Crippen LogP contribution in [0.15, 0.2) is 48.0 Å². The van der Waals surface area contributed by atoms with Gasteiger partial charge in [-0.25, -0.2) is 0 Å². The largest absolute Gasteiger partial charge is 0.417 e.